The molecule has 0 saturated carbocycles. The van der Waals surface area contributed by atoms with E-state index in [9.17, 15) is 0 Å². The molecule has 5 aromatic carbocycles. The molecule has 9 aromatic rings. The number of nitrogens with zero attached hydrogens (tertiary/aromatic N) is 3. The van der Waals surface area contributed by atoms with Crippen molar-refractivity contribution in [3.8, 4) is 0 Å². The maximum Gasteiger partial charge on any atom is 0.165 e. The van der Waals surface area contributed by atoms with Crippen LogP contribution in [-0.2, 0) is 0 Å². The second-order valence-electron chi connectivity index (χ2n) is 8.99. The molecule has 4 aromatic heterocycles. The lowest BCUT2D eigenvalue weighted by Gasteiger charge is -2.06. The van der Waals surface area contributed by atoms with Crippen LogP contribution in [0.5, 0.6) is 0 Å². The predicted octanol–water partition coefficient (Wildman–Crippen LogP) is 8.30. The summed E-state index contributed by atoms with van der Waals surface area (Å²) in [6, 6.07) is 32.4. The third-order valence-corrected chi connectivity index (χ3v) is 8.46. The number of para-hydroxylation sites is 3. The van der Waals surface area contributed by atoms with Crippen LogP contribution in [0.15, 0.2) is 91.0 Å². The van der Waals surface area contributed by atoms with Gasteiger partial charge in [-0.2, -0.15) is 0 Å². The fourth-order valence-corrected chi connectivity index (χ4v) is 7.21. The van der Waals surface area contributed by atoms with Gasteiger partial charge in [-0.25, -0.2) is 9.97 Å². The molecule has 0 saturated heterocycles. The normalized spacial score (nSPS) is 12.7. The van der Waals surface area contributed by atoms with Crippen LogP contribution in [0.1, 0.15) is 0 Å². The first-order valence-corrected chi connectivity index (χ1v) is 12.3. The molecule has 34 heavy (non-hydrogen) atoms. The fraction of sp³-hybridized carbons (Fsp3) is 0. The molecule has 0 atom stereocenters. The van der Waals surface area contributed by atoms with Crippen LogP contribution in [0.3, 0.4) is 0 Å². The van der Waals surface area contributed by atoms with Crippen molar-refractivity contribution in [1.29, 1.82) is 0 Å². The van der Waals surface area contributed by atoms with Gasteiger partial charge in [-0.15, -0.1) is 11.3 Å². The van der Waals surface area contributed by atoms with E-state index in [1.807, 2.05) is 29.5 Å². The van der Waals surface area contributed by atoms with Gasteiger partial charge in [0.1, 0.15) is 5.52 Å². The summed E-state index contributed by atoms with van der Waals surface area (Å²) in [5.41, 5.74) is 6.25. The van der Waals surface area contributed by atoms with Crippen LogP contribution in [0.4, 0.5) is 0 Å². The first-order chi connectivity index (χ1) is 16.9. The molecule has 0 spiro atoms. The maximum atomic E-state index is 5.16. The zero-order chi connectivity index (χ0) is 22.0. The molecule has 0 N–H and O–H groups in total. The van der Waals surface area contributed by atoms with Crippen molar-refractivity contribution in [2.75, 3.05) is 0 Å². The first kappa shape index (κ1) is 17.2. The van der Waals surface area contributed by atoms with E-state index < -0.39 is 0 Å². The number of aromatic nitrogens is 3. The van der Waals surface area contributed by atoms with Gasteiger partial charge in [0.15, 0.2) is 5.65 Å². The summed E-state index contributed by atoms with van der Waals surface area (Å²) >= 11 is 1.88. The van der Waals surface area contributed by atoms with Crippen molar-refractivity contribution in [3.05, 3.63) is 91.0 Å². The van der Waals surface area contributed by atoms with E-state index in [-0.39, 0.29) is 0 Å². The zero-order valence-corrected chi connectivity index (χ0v) is 18.7. The summed E-state index contributed by atoms with van der Waals surface area (Å²) in [6.07, 6.45) is 0. The summed E-state index contributed by atoms with van der Waals surface area (Å²) in [5.74, 6) is 0. The Balaban J connectivity index is 1.71. The van der Waals surface area contributed by atoms with Gasteiger partial charge >= 0.3 is 0 Å². The van der Waals surface area contributed by atoms with Gasteiger partial charge in [0.25, 0.3) is 0 Å². The number of thiophene rings is 1. The van der Waals surface area contributed by atoms with Crippen LogP contribution in [-0.4, -0.2) is 14.4 Å². The van der Waals surface area contributed by atoms with Crippen LogP contribution in [0.25, 0.3) is 80.3 Å². The van der Waals surface area contributed by atoms with E-state index in [0.717, 1.165) is 22.2 Å². The van der Waals surface area contributed by atoms with Crippen molar-refractivity contribution in [2.45, 2.75) is 0 Å². The highest BCUT2D eigenvalue weighted by Gasteiger charge is 2.24. The van der Waals surface area contributed by atoms with E-state index in [2.05, 4.69) is 77.2 Å². The van der Waals surface area contributed by atoms with E-state index in [1.165, 1.54) is 58.1 Å². The van der Waals surface area contributed by atoms with Gasteiger partial charge in [-0.05, 0) is 29.0 Å². The number of fused-ring (bicyclic) bond motifs is 14. The smallest absolute Gasteiger partial charge is 0.165 e. The summed E-state index contributed by atoms with van der Waals surface area (Å²) in [5, 5.41) is 9.02. The molecule has 4 heterocycles. The van der Waals surface area contributed by atoms with Crippen LogP contribution >= 0.6 is 11.3 Å². The molecule has 0 amide bonds. The highest BCUT2D eigenvalue weighted by atomic mass is 32.1. The number of benzene rings is 5. The van der Waals surface area contributed by atoms with Gasteiger partial charge < -0.3 is 0 Å². The molecule has 0 unspecified atom stereocenters. The highest BCUT2D eigenvalue weighted by Crippen LogP contribution is 2.48. The van der Waals surface area contributed by atoms with Crippen molar-refractivity contribution < 1.29 is 0 Å². The lowest BCUT2D eigenvalue weighted by molar-refractivity contribution is 1.28. The predicted molar refractivity (Wildman–Crippen MR) is 145 cm³/mol. The molecule has 9 rings (SSSR count). The number of hydrogen-bond donors (Lipinski definition) is 0. The monoisotopic (exact) mass is 449 g/mol. The summed E-state index contributed by atoms with van der Waals surface area (Å²) in [6.45, 7) is 0. The Bertz CT molecular complexity index is 2290. The van der Waals surface area contributed by atoms with Crippen LogP contribution < -0.4 is 0 Å². The minimum Gasteiger partial charge on any atom is -0.290 e. The van der Waals surface area contributed by atoms with Crippen molar-refractivity contribution >= 4 is 91.7 Å². The maximum absolute atomic E-state index is 5.16. The lowest BCUT2D eigenvalue weighted by Crippen LogP contribution is -1.89. The van der Waals surface area contributed by atoms with Gasteiger partial charge in [0, 0.05) is 31.6 Å². The third kappa shape index (κ3) is 1.88. The van der Waals surface area contributed by atoms with Crippen molar-refractivity contribution in [3.63, 3.8) is 0 Å². The Hall–Kier alpha value is -4.28. The zero-order valence-electron chi connectivity index (χ0n) is 17.9. The molecule has 0 aliphatic carbocycles. The Morgan fingerprint density at radius 1 is 0.529 bits per heavy atom. The molecular weight excluding hydrogens is 434 g/mol. The average molecular weight is 450 g/mol. The summed E-state index contributed by atoms with van der Waals surface area (Å²) in [7, 11) is 0. The minimum atomic E-state index is 0.928. The molecule has 0 bridgehead atoms. The molecule has 0 fully saturated rings. The topological polar surface area (TPSA) is 30.2 Å². The van der Waals surface area contributed by atoms with E-state index >= 15 is 0 Å². The molecule has 0 radical (unpaired) electrons. The molecule has 3 nitrogen and oxygen atoms in total. The molecule has 0 aliphatic rings. The van der Waals surface area contributed by atoms with Gasteiger partial charge in [0.05, 0.1) is 26.8 Å². The second kappa shape index (κ2) is 5.79. The molecule has 156 valence electrons. The summed E-state index contributed by atoms with van der Waals surface area (Å²) in [4.78, 5) is 10.2. The van der Waals surface area contributed by atoms with Crippen molar-refractivity contribution in [1.82, 2.24) is 14.4 Å². The quantitative estimate of drug-likeness (QED) is 0.233. The largest absolute Gasteiger partial charge is 0.290 e. The standard InChI is InChI=1S/C30H15N3S/c1-2-9-17-16(8-1)24-19-11-7-12-20-26-30(32-22-14-5-4-13-21(22)31-26)33(27(19)20)28(24)29-25(17)18-10-3-6-15-23(18)34-29/h1-15H. The molecule has 0 aliphatic heterocycles. The lowest BCUT2D eigenvalue weighted by atomic mass is 9.98. The minimum absolute atomic E-state index is 0.928. The SMILES string of the molecule is c1ccc2nc3c(nc2c1)c1cccc2c4c5ccccc5c5c6ccccc6sc5c4n3c12. The van der Waals surface area contributed by atoms with Crippen LogP contribution in [0, 0.1) is 0 Å². The van der Waals surface area contributed by atoms with E-state index in [1.54, 1.807) is 0 Å². The van der Waals surface area contributed by atoms with E-state index in [0.29, 0.717) is 0 Å². The summed E-state index contributed by atoms with van der Waals surface area (Å²) < 4.78 is 5.02. The molecule has 4 heteroatoms. The average Bonchev–Trinajstić information content (AvgIpc) is 3.54. The number of rotatable bonds is 0. The van der Waals surface area contributed by atoms with Crippen molar-refractivity contribution in [2.24, 2.45) is 0 Å². The molecular formula is C30H15N3S. The Morgan fingerprint density at radius 3 is 2.03 bits per heavy atom. The van der Waals surface area contributed by atoms with Gasteiger partial charge in [-0.1, -0.05) is 72.8 Å². The van der Waals surface area contributed by atoms with Gasteiger partial charge in [0.2, 0.25) is 0 Å². The van der Waals surface area contributed by atoms with Crippen LogP contribution in [0.2, 0.25) is 0 Å². The first-order valence-electron chi connectivity index (χ1n) is 11.4. The van der Waals surface area contributed by atoms with E-state index in [4.69, 9.17) is 9.97 Å². The number of hydrogen-bond acceptors (Lipinski definition) is 3. The fourth-order valence-electron chi connectivity index (χ4n) is 5.95. The highest BCUT2D eigenvalue weighted by molar-refractivity contribution is 7.27. The Labute approximate surface area is 196 Å². The Kier molecular flexibility index (Phi) is 2.94. The third-order valence-electron chi connectivity index (χ3n) is 7.28. The Morgan fingerprint density at radius 2 is 1.18 bits per heavy atom. The van der Waals surface area contributed by atoms with Gasteiger partial charge in [-0.3, -0.25) is 4.40 Å². The second-order valence-corrected chi connectivity index (χ2v) is 10.0.